The van der Waals surface area contributed by atoms with E-state index in [4.69, 9.17) is 11.6 Å². The van der Waals surface area contributed by atoms with E-state index in [0.29, 0.717) is 5.92 Å². The zero-order valence-corrected chi connectivity index (χ0v) is 11.2. The molecule has 0 aromatic carbocycles. The van der Waals surface area contributed by atoms with Gasteiger partial charge in [-0.3, -0.25) is 0 Å². The van der Waals surface area contributed by atoms with Gasteiger partial charge in [0.05, 0.1) is 0 Å². The van der Waals surface area contributed by atoms with E-state index in [9.17, 15) is 0 Å². The molecule has 0 spiro atoms. The molecule has 1 aromatic heterocycles. The van der Waals surface area contributed by atoms with Crippen molar-refractivity contribution in [1.82, 2.24) is 9.97 Å². The smallest absolute Gasteiger partial charge is 0.133 e. The van der Waals surface area contributed by atoms with Crippen LogP contribution in [0.3, 0.4) is 0 Å². The average molecular weight is 242 g/mol. The highest BCUT2D eigenvalue weighted by Crippen LogP contribution is 2.13. The standard InChI is InChI=1S/C12H20ClN3/c1-8(2)12-15-10(4)7-11(16-12)14-6-5-9(3)13/h7-9H,5-6H2,1-4H3,(H,14,15,16). The van der Waals surface area contributed by atoms with Gasteiger partial charge in [-0.1, -0.05) is 13.8 Å². The van der Waals surface area contributed by atoms with Crippen LogP contribution in [0.25, 0.3) is 0 Å². The van der Waals surface area contributed by atoms with Crippen molar-refractivity contribution in [3.8, 4) is 0 Å². The average Bonchev–Trinajstić information content (AvgIpc) is 2.16. The largest absolute Gasteiger partial charge is 0.370 e. The first-order valence-corrected chi connectivity index (χ1v) is 6.16. The lowest BCUT2D eigenvalue weighted by Gasteiger charge is -2.10. The van der Waals surface area contributed by atoms with E-state index in [0.717, 1.165) is 30.3 Å². The highest BCUT2D eigenvalue weighted by molar-refractivity contribution is 6.20. The molecule has 1 aromatic rings. The number of hydrogen-bond donors (Lipinski definition) is 1. The Labute approximate surface area is 103 Å². The van der Waals surface area contributed by atoms with Gasteiger partial charge in [0.25, 0.3) is 0 Å². The highest BCUT2D eigenvalue weighted by atomic mass is 35.5. The SMILES string of the molecule is Cc1cc(NCCC(C)Cl)nc(C(C)C)n1. The van der Waals surface area contributed by atoms with Gasteiger partial charge in [-0.25, -0.2) is 9.97 Å². The predicted molar refractivity (Wildman–Crippen MR) is 69.3 cm³/mol. The molecule has 0 saturated carbocycles. The lowest BCUT2D eigenvalue weighted by Crippen LogP contribution is -2.10. The first kappa shape index (κ1) is 13.2. The van der Waals surface area contributed by atoms with Gasteiger partial charge in [-0.15, -0.1) is 11.6 Å². The molecule has 0 saturated heterocycles. The fourth-order valence-corrected chi connectivity index (χ4v) is 1.45. The zero-order chi connectivity index (χ0) is 12.1. The molecule has 0 radical (unpaired) electrons. The minimum Gasteiger partial charge on any atom is -0.370 e. The number of hydrogen-bond acceptors (Lipinski definition) is 3. The van der Waals surface area contributed by atoms with Crippen LogP contribution in [-0.2, 0) is 0 Å². The lowest BCUT2D eigenvalue weighted by atomic mass is 10.2. The summed E-state index contributed by atoms with van der Waals surface area (Å²) in [6.07, 6.45) is 0.932. The van der Waals surface area contributed by atoms with Crippen LogP contribution in [0.15, 0.2) is 6.07 Å². The second kappa shape index (κ2) is 6.04. The number of nitrogens with zero attached hydrogens (tertiary/aromatic N) is 2. The molecule has 1 heterocycles. The van der Waals surface area contributed by atoms with Gasteiger partial charge in [-0.05, 0) is 20.3 Å². The Hall–Kier alpha value is -0.830. The third kappa shape index (κ3) is 4.35. The summed E-state index contributed by atoms with van der Waals surface area (Å²) in [5.74, 6) is 2.14. The molecule has 1 N–H and O–H groups in total. The first-order chi connectivity index (χ1) is 7.49. The topological polar surface area (TPSA) is 37.8 Å². The Kier molecular flexibility index (Phi) is 5.00. The van der Waals surface area contributed by atoms with Crippen LogP contribution in [0.5, 0.6) is 0 Å². The molecular weight excluding hydrogens is 222 g/mol. The molecule has 1 atom stereocenters. The van der Waals surface area contributed by atoms with Crippen molar-refractivity contribution in [3.63, 3.8) is 0 Å². The van der Waals surface area contributed by atoms with E-state index in [-0.39, 0.29) is 5.38 Å². The van der Waals surface area contributed by atoms with Crippen LogP contribution in [0.2, 0.25) is 0 Å². The molecular formula is C12H20ClN3. The van der Waals surface area contributed by atoms with Crippen LogP contribution in [-0.4, -0.2) is 21.9 Å². The number of aromatic nitrogens is 2. The third-order valence-corrected chi connectivity index (χ3v) is 2.45. The van der Waals surface area contributed by atoms with Gasteiger partial charge in [-0.2, -0.15) is 0 Å². The van der Waals surface area contributed by atoms with E-state index in [2.05, 4.69) is 29.1 Å². The highest BCUT2D eigenvalue weighted by Gasteiger charge is 2.06. The second-order valence-corrected chi connectivity index (χ2v) is 5.15. The van der Waals surface area contributed by atoms with Gasteiger partial charge in [0, 0.05) is 29.6 Å². The number of halogens is 1. The molecule has 0 bridgehead atoms. The second-order valence-electron chi connectivity index (χ2n) is 4.40. The van der Waals surface area contributed by atoms with Crippen molar-refractivity contribution in [2.75, 3.05) is 11.9 Å². The monoisotopic (exact) mass is 241 g/mol. The minimum absolute atomic E-state index is 0.194. The van der Waals surface area contributed by atoms with Crippen molar-refractivity contribution in [2.45, 2.75) is 45.4 Å². The van der Waals surface area contributed by atoms with Crippen LogP contribution in [0.1, 0.15) is 44.6 Å². The molecule has 1 rings (SSSR count). The molecule has 0 fully saturated rings. The Bertz CT molecular complexity index is 337. The molecule has 90 valence electrons. The van der Waals surface area contributed by atoms with Crippen LogP contribution in [0, 0.1) is 6.92 Å². The normalized spacial score (nSPS) is 12.9. The summed E-state index contributed by atoms with van der Waals surface area (Å²) >= 11 is 5.88. The Morgan fingerprint density at radius 2 is 2.00 bits per heavy atom. The summed E-state index contributed by atoms with van der Waals surface area (Å²) in [4.78, 5) is 8.86. The van der Waals surface area contributed by atoms with Crippen molar-refractivity contribution in [3.05, 3.63) is 17.6 Å². The third-order valence-electron chi connectivity index (χ3n) is 2.24. The summed E-state index contributed by atoms with van der Waals surface area (Å²) in [6.45, 7) is 9.02. The van der Waals surface area contributed by atoms with Crippen molar-refractivity contribution >= 4 is 17.4 Å². The van der Waals surface area contributed by atoms with Crippen molar-refractivity contribution in [2.24, 2.45) is 0 Å². The number of anilines is 1. The van der Waals surface area contributed by atoms with Gasteiger partial charge in [0.2, 0.25) is 0 Å². The maximum Gasteiger partial charge on any atom is 0.133 e. The summed E-state index contributed by atoms with van der Waals surface area (Å²) in [5, 5.41) is 3.47. The summed E-state index contributed by atoms with van der Waals surface area (Å²) in [5.41, 5.74) is 1.00. The number of aryl methyl sites for hydroxylation is 1. The molecule has 1 unspecified atom stereocenters. The Morgan fingerprint density at radius 1 is 1.31 bits per heavy atom. The van der Waals surface area contributed by atoms with E-state index in [1.807, 2.05) is 19.9 Å². The number of nitrogens with one attached hydrogen (secondary N) is 1. The molecule has 4 heteroatoms. The summed E-state index contributed by atoms with van der Waals surface area (Å²) in [6, 6.07) is 1.96. The van der Waals surface area contributed by atoms with E-state index < -0.39 is 0 Å². The van der Waals surface area contributed by atoms with E-state index in [1.165, 1.54) is 0 Å². The van der Waals surface area contributed by atoms with Gasteiger partial charge >= 0.3 is 0 Å². The Morgan fingerprint density at radius 3 is 2.56 bits per heavy atom. The van der Waals surface area contributed by atoms with Gasteiger partial charge in [0.15, 0.2) is 0 Å². The minimum atomic E-state index is 0.194. The molecule has 3 nitrogen and oxygen atoms in total. The maximum absolute atomic E-state index is 5.88. The van der Waals surface area contributed by atoms with Crippen molar-refractivity contribution < 1.29 is 0 Å². The van der Waals surface area contributed by atoms with E-state index >= 15 is 0 Å². The van der Waals surface area contributed by atoms with Crippen LogP contribution >= 0.6 is 11.6 Å². The molecule has 0 aliphatic carbocycles. The van der Waals surface area contributed by atoms with E-state index in [1.54, 1.807) is 0 Å². The van der Waals surface area contributed by atoms with Gasteiger partial charge < -0.3 is 5.32 Å². The van der Waals surface area contributed by atoms with Crippen molar-refractivity contribution in [1.29, 1.82) is 0 Å². The first-order valence-electron chi connectivity index (χ1n) is 5.72. The molecule has 0 amide bonds. The predicted octanol–water partition coefficient (Wildman–Crippen LogP) is 3.34. The fraction of sp³-hybridized carbons (Fsp3) is 0.667. The fourth-order valence-electron chi connectivity index (χ4n) is 1.34. The summed E-state index contributed by atoms with van der Waals surface area (Å²) < 4.78 is 0. The quantitative estimate of drug-likeness (QED) is 0.804. The zero-order valence-electron chi connectivity index (χ0n) is 10.4. The summed E-state index contributed by atoms with van der Waals surface area (Å²) in [7, 11) is 0. The number of rotatable bonds is 5. The number of alkyl halides is 1. The molecule has 0 aliphatic heterocycles. The van der Waals surface area contributed by atoms with Gasteiger partial charge in [0.1, 0.15) is 11.6 Å². The molecule has 16 heavy (non-hydrogen) atoms. The van der Waals surface area contributed by atoms with Crippen LogP contribution in [0.4, 0.5) is 5.82 Å². The van der Waals surface area contributed by atoms with Crippen LogP contribution < -0.4 is 5.32 Å². The lowest BCUT2D eigenvalue weighted by molar-refractivity contribution is 0.763. The maximum atomic E-state index is 5.88. The Balaban J connectivity index is 2.65. The molecule has 0 aliphatic rings.